The molecule has 0 saturated heterocycles. The van der Waals surface area contributed by atoms with Crippen LogP contribution in [0.25, 0.3) is 0 Å². The molecule has 9 rings (SSSR count). The molecular formula is C61H64N2. The minimum atomic E-state index is 0.0204. The number of anilines is 2. The molecule has 8 atom stereocenters. The van der Waals surface area contributed by atoms with Gasteiger partial charge < -0.3 is 10.2 Å². The van der Waals surface area contributed by atoms with Crippen LogP contribution in [-0.2, 0) is 0 Å². The average Bonchev–Trinajstić information content (AvgIpc) is 3.67. The number of nitrogens with one attached hydrogen (secondary N) is 1. The summed E-state index contributed by atoms with van der Waals surface area (Å²) in [6, 6.07) is 54.4. The molecule has 6 aromatic rings. The molecule has 2 heteroatoms. The Labute approximate surface area is 377 Å². The number of hydrogen-bond acceptors (Lipinski definition) is 2. The van der Waals surface area contributed by atoms with Gasteiger partial charge in [-0.3, -0.25) is 0 Å². The van der Waals surface area contributed by atoms with Crippen LogP contribution in [0.1, 0.15) is 121 Å². The Morgan fingerprint density at radius 3 is 1.32 bits per heavy atom. The molecule has 4 unspecified atom stereocenters. The molecule has 0 bridgehead atoms. The van der Waals surface area contributed by atoms with E-state index in [1.165, 1.54) is 89.3 Å². The van der Waals surface area contributed by atoms with Crippen LogP contribution >= 0.6 is 0 Å². The van der Waals surface area contributed by atoms with Crippen LogP contribution in [0.4, 0.5) is 11.4 Å². The summed E-state index contributed by atoms with van der Waals surface area (Å²) in [6.07, 6.45) is 9.59. The van der Waals surface area contributed by atoms with Gasteiger partial charge in [0.15, 0.2) is 0 Å². The Morgan fingerprint density at radius 2 is 0.889 bits per heavy atom. The summed E-state index contributed by atoms with van der Waals surface area (Å²) >= 11 is 0. The molecule has 0 radical (unpaired) electrons. The van der Waals surface area contributed by atoms with Crippen molar-refractivity contribution in [1.29, 1.82) is 0 Å². The van der Waals surface area contributed by atoms with E-state index in [1.807, 2.05) is 0 Å². The van der Waals surface area contributed by atoms with Gasteiger partial charge in [0.2, 0.25) is 0 Å². The highest BCUT2D eigenvalue weighted by molar-refractivity contribution is 5.72. The van der Waals surface area contributed by atoms with Crippen LogP contribution in [-0.4, -0.2) is 19.1 Å². The molecule has 0 spiro atoms. The van der Waals surface area contributed by atoms with Crippen LogP contribution < -0.4 is 10.2 Å². The maximum absolute atomic E-state index is 4.55. The molecular weight excluding hydrogens is 761 g/mol. The molecule has 1 saturated carbocycles. The van der Waals surface area contributed by atoms with Crippen molar-refractivity contribution in [3.8, 4) is 0 Å². The monoisotopic (exact) mass is 825 g/mol. The van der Waals surface area contributed by atoms with Crippen molar-refractivity contribution in [1.82, 2.24) is 0 Å². The summed E-state index contributed by atoms with van der Waals surface area (Å²) in [5.74, 6) is 1.31. The highest BCUT2D eigenvalue weighted by atomic mass is 15.2. The Morgan fingerprint density at radius 1 is 0.492 bits per heavy atom. The Hall–Kier alpha value is -6.12. The second-order valence-corrected chi connectivity index (χ2v) is 18.9. The van der Waals surface area contributed by atoms with E-state index in [0.717, 1.165) is 0 Å². The van der Waals surface area contributed by atoms with Gasteiger partial charge in [0.05, 0.1) is 12.1 Å². The Balaban J connectivity index is 1.29. The number of nitrogens with zero attached hydrogens (tertiary/aromatic N) is 1. The van der Waals surface area contributed by atoms with Gasteiger partial charge in [-0.2, -0.15) is 0 Å². The summed E-state index contributed by atoms with van der Waals surface area (Å²) in [4.78, 5) is 2.75. The maximum Gasteiger partial charge on any atom is 0.0695 e. The van der Waals surface area contributed by atoms with Crippen LogP contribution in [0.5, 0.6) is 0 Å². The predicted octanol–water partition coefficient (Wildman–Crippen LogP) is 15.2. The zero-order valence-corrected chi connectivity index (χ0v) is 38.7. The number of benzene rings is 6. The zero-order chi connectivity index (χ0) is 43.9. The zero-order valence-electron chi connectivity index (χ0n) is 38.7. The second kappa shape index (κ2) is 17.6. The largest absolute Gasteiger partial charge is 0.376 e. The van der Waals surface area contributed by atoms with Gasteiger partial charge in [0.1, 0.15) is 0 Å². The van der Waals surface area contributed by atoms with Crippen LogP contribution in [0.15, 0.2) is 192 Å². The molecule has 3 aliphatic rings. The van der Waals surface area contributed by atoms with E-state index in [9.17, 15) is 0 Å². The maximum atomic E-state index is 4.55. The van der Waals surface area contributed by atoms with Crippen molar-refractivity contribution in [3.63, 3.8) is 0 Å². The van der Waals surface area contributed by atoms with E-state index < -0.39 is 0 Å². The van der Waals surface area contributed by atoms with Crippen molar-refractivity contribution < 1.29 is 0 Å². The molecule has 0 heterocycles. The lowest BCUT2D eigenvalue weighted by Crippen LogP contribution is -2.47. The smallest absolute Gasteiger partial charge is 0.0695 e. The van der Waals surface area contributed by atoms with E-state index in [0.29, 0.717) is 0 Å². The van der Waals surface area contributed by atoms with Gasteiger partial charge in [-0.15, -0.1) is 0 Å². The normalized spacial score (nSPS) is 20.9. The van der Waals surface area contributed by atoms with E-state index in [1.54, 1.807) is 0 Å². The summed E-state index contributed by atoms with van der Waals surface area (Å²) in [7, 11) is 2.43. The van der Waals surface area contributed by atoms with Crippen molar-refractivity contribution >= 4 is 11.4 Å². The number of allylic oxidation sites excluding steroid dienone is 6. The first-order chi connectivity index (χ1) is 30.5. The third-order valence-electron chi connectivity index (χ3n) is 15.0. The Bertz CT molecular complexity index is 2590. The molecule has 318 valence electrons. The van der Waals surface area contributed by atoms with Gasteiger partial charge in [-0.1, -0.05) is 214 Å². The number of rotatable bonds is 12. The fraction of sp³-hybridized carbons (Fsp3) is 0.279. The number of likely N-dealkylation sites (N-methyl/N-ethyl adjacent to an activating group) is 1. The summed E-state index contributed by atoms with van der Waals surface area (Å²) in [5.41, 5.74) is 21.8. The molecule has 0 aromatic heterocycles. The minimum Gasteiger partial charge on any atom is -0.376 e. The summed E-state index contributed by atoms with van der Waals surface area (Å²) in [5, 5.41) is 4.55. The molecule has 63 heavy (non-hydrogen) atoms. The molecule has 3 aliphatic carbocycles. The topological polar surface area (TPSA) is 15.3 Å². The lowest BCUT2D eigenvalue weighted by molar-refractivity contribution is 0.452. The molecule has 0 aliphatic heterocycles. The fourth-order valence-electron chi connectivity index (χ4n) is 11.5. The summed E-state index contributed by atoms with van der Waals surface area (Å²) in [6.45, 7) is 18.9. The molecule has 1 fully saturated rings. The minimum absolute atomic E-state index is 0.0204. The van der Waals surface area contributed by atoms with Gasteiger partial charge in [-0.25, -0.2) is 0 Å². The van der Waals surface area contributed by atoms with Crippen molar-refractivity contribution in [3.05, 3.63) is 248 Å². The van der Waals surface area contributed by atoms with Crippen LogP contribution in [0, 0.1) is 25.7 Å². The van der Waals surface area contributed by atoms with Crippen molar-refractivity contribution in [2.75, 3.05) is 17.3 Å². The molecule has 6 aromatic carbocycles. The highest BCUT2D eigenvalue weighted by Gasteiger charge is 2.53. The third-order valence-corrected chi connectivity index (χ3v) is 15.0. The number of hydrogen-bond donors (Lipinski definition) is 1. The third kappa shape index (κ3) is 7.84. The quantitative estimate of drug-likeness (QED) is 0.132. The standard InChI is InChI=1S/C61H64N2/c1-38-34-51(42(5)46-22-14-10-15-23-46)58(52(35-38)43(6)47-24-16-11-17-25-47)62-59-55-40(3)30-32-50-33-31-41(4)56(57(50)55)61(59)63(9)60-53(44(7)48-26-18-12-19-27-48)36-39(2)37-54(60)45(8)49-28-20-13-21-29-49/h10-37,42-45,56-57,59,61-62H,1-9H3/t42-,43-,44-,45-,56?,57?,59?,61?/m1/s1. The fourth-order valence-corrected chi connectivity index (χ4v) is 11.5. The van der Waals surface area contributed by atoms with E-state index in [-0.39, 0.29) is 47.6 Å². The second-order valence-electron chi connectivity index (χ2n) is 18.9. The van der Waals surface area contributed by atoms with Crippen LogP contribution in [0.2, 0.25) is 0 Å². The SMILES string of the molecule is CC1=CC=C2C=CC(C)=C3C(Nc4c([C@H](C)c5ccccc5)cc(C)cc4[C@H](C)c4ccccc4)C(N(C)c4c([C@H](C)c5ccccc5)cc(C)cc4[C@H](C)c4ccccc4)C1C23. The predicted molar refractivity (Wildman–Crippen MR) is 268 cm³/mol. The van der Waals surface area contributed by atoms with Gasteiger partial charge in [0.25, 0.3) is 0 Å². The molecule has 1 N–H and O–H groups in total. The lowest BCUT2D eigenvalue weighted by atomic mass is 9.74. The van der Waals surface area contributed by atoms with E-state index in [2.05, 4.69) is 243 Å². The van der Waals surface area contributed by atoms with E-state index in [4.69, 9.17) is 0 Å². The average molecular weight is 825 g/mol. The van der Waals surface area contributed by atoms with Crippen LogP contribution in [0.3, 0.4) is 0 Å². The van der Waals surface area contributed by atoms with Crippen molar-refractivity contribution in [2.45, 2.75) is 91.1 Å². The summed E-state index contributed by atoms with van der Waals surface area (Å²) < 4.78 is 0. The van der Waals surface area contributed by atoms with Crippen molar-refractivity contribution in [2.24, 2.45) is 11.8 Å². The first-order valence-corrected chi connectivity index (χ1v) is 23.3. The first kappa shape index (κ1) is 42.2. The van der Waals surface area contributed by atoms with Gasteiger partial charge in [-0.05, 0) is 88.9 Å². The number of aryl methyl sites for hydroxylation is 2. The van der Waals surface area contributed by atoms with Gasteiger partial charge in [0, 0.05) is 53.9 Å². The van der Waals surface area contributed by atoms with Gasteiger partial charge >= 0.3 is 0 Å². The Kier molecular flexibility index (Phi) is 11.8. The molecule has 2 nitrogen and oxygen atoms in total. The first-order valence-electron chi connectivity index (χ1n) is 23.3. The highest BCUT2D eigenvalue weighted by Crippen LogP contribution is 2.55. The van der Waals surface area contributed by atoms with E-state index >= 15 is 0 Å². The molecule has 0 amide bonds. The lowest BCUT2D eigenvalue weighted by Gasteiger charge is -2.41.